The summed E-state index contributed by atoms with van der Waals surface area (Å²) in [5.41, 5.74) is 6.90. The summed E-state index contributed by atoms with van der Waals surface area (Å²) in [6.45, 7) is 4.02. The molecule has 0 aliphatic rings. The zero-order valence-corrected chi connectivity index (χ0v) is 9.25. The minimum atomic E-state index is 0.252. The summed E-state index contributed by atoms with van der Waals surface area (Å²) in [5, 5.41) is 0.744. The van der Waals surface area contributed by atoms with Crippen LogP contribution in [0.1, 0.15) is 19.4 Å². The predicted octanol–water partition coefficient (Wildman–Crippen LogP) is 2.65. The molecule has 0 radical (unpaired) electrons. The van der Waals surface area contributed by atoms with Gasteiger partial charge in [-0.2, -0.15) is 0 Å². The summed E-state index contributed by atoms with van der Waals surface area (Å²) in [4.78, 5) is 4.26. The Morgan fingerprint density at radius 3 is 2.43 bits per heavy atom. The van der Waals surface area contributed by atoms with Crippen molar-refractivity contribution in [3.05, 3.63) is 34.9 Å². The first-order chi connectivity index (χ1) is 6.58. The van der Waals surface area contributed by atoms with E-state index in [9.17, 15) is 0 Å². The largest absolute Gasteiger partial charge is 0.387 e. The fourth-order valence-electron chi connectivity index (χ4n) is 1.19. The third-order valence-electron chi connectivity index (χ3n) is 1.72. The maximum absolute atomic E-state index is 5.77. The number of rotatable bonds is 3. The first-order valence-corrected chi connectivity index (χ1v) is 5.02. The zero-order valence-electron chi connectivity index (χ0n) is 8.50. The first-order valence-electron chi connectivity index (χ1n) is 4.64. The minimum absolute atomic E-state index is 0.252. The molecule has 0 heterocycles. The highest BCUT2D eigenvalue weighted by molar-refractivity contribution is 6.30. The number of halogens is 1. The summed E-state index contributed by atoms with van der Waals surface area (Å²) in [5.74, 6) is 0.669. The van der Waals surface area contributed by atoms with Crippen molar-refractivity contribution in [3.8, 4) is 0 Å². The van der Waals surface area contributed by atoms with Gasteiger partial charge in [0.05, 0.1) is 5.84 Å². The van der Waals surface area contributed by atoms with Crippen molar-refractivity contribution >= 4 is 17.4 Å². The quantitative estimate of drug-likeness (QED) is 0.605. The van der Waals surface area contributed by atoms with Gasteiger partial charge in [-0.25, -0.2) is 0 Å². The third-order valence-corrected chi connectivity index (χ3v) is 1.97. The Balaban J connectivity index is 2.65. The second kappa shape index (κ2) is 5.01. The molecular formula is C11H15ClN2. The van der Waals surface area contributed by atoms with E-state index in [1.165, 1.54) is 0 Å². The van der Waals surface area contributed by atoms with E-state index in [4.69, 9.17) is 17.3 Å². The Kier molecular flexibility index (Phi) is 3.96. The van der Waals surface area contributed by atoms with Gasteiger partial charge in [-0.3, -0.25) is 4.99 Å². The lowest BCUT2D eigenvalue weighted by atomic mass is 10.1. The lowest BCUT2D eigenvalue weighted by Gasteiger charge is -2.03. The highest BCUT2D eigenvalue weighted by Crippen LogP contribution is 2.09. The Bertz CT molecular complexity index is 315. The number of hydrogen-bond acceptors (Lipinski definition) is 1. The van der Waals surface area contributed by atoms with E-state index in [0.717, 1.165) is 10.6 Å². The molecule has 0 saturated heterocycles. The summed E-state index contributed by atoms with van der Waals surface area (Å²) in [6, 6.07) is 7.90. The van der Waals surface area contributed by atoms with Crippen molar-refractivity contribution < 1.29 is 0 Å². The lowest BCUT2D eigenvalue weighted by molar-refractivity contribution is 0.829. The van der Waals surface area contributed by atoms with E-state index < -0.39 is 0 Å². The van der Waals surface area contributed by atoms with Gasteiger partial charge < -0.3 is 5.73 Å². The summed E-state index contributed by atoms with van der Waals surface area (Å²) in [6.07, 6.45) is 0.690. The molecule has 0 aliphatic carbocycles. The molecule has 0 spiro atoms. The summed E-state index contributed by atoms with van der Waals surface area (Å²) >= 11 is 5.77. The number of nitrogens with zero attached hydrogens (tertiary/aromatic N) is 1. The number of aliphatic imine (C=N–C) groups is 1. The average Bonchev–Trinajstić information content (AvgIpc) is 2.07. The molecule has 0 fully saturated rings. The van der Waals surface area contributed by atoms with E-state index in [2.05, 4.69) is 4.99 Å². The Morgan fingerprint density at radius 2 is 1.93 bits per heavy atom. The Hall–Kier alpha value is -1.02. The SMILES string of the molecule is CC(C)N=C(N)Cc1ccc(Cl)cc1. The standard InChI is InChI=1S/C11H15ClN2/c1-8(2)14-11(13)7-9-3-5-10(12)6-4-9/h3-6,8H,7H2,1-2H3,(H2,13,14). The van der Waals surface area contributed by atoms with Crippen LogP contribution in [0.4, 0.5) is 0 Å². The van der Waals surface area contributed by atoms with Crippen LogP contribution in [-0.4, -0.2) is 11.9 Å². The van der Waals surface area contributed by atoms with Gasteiger partial charge in [0.25, 0.3) is 0 Å². The zero-order chi connectivity index (χ0) is 10.6. The van der Waals surface area contributed by atoms with Crippen molar-refractivity contribution in [1.82, 2.24) is 0 Å². The van der Waals surface area contributed by atoms with Gasteiger partial charge >= 0.3 is 0 Å². The summed E-state index contributed by atoms with van der Waals surface area (Å²) < 4.78 is 0. The smallest absolute Gasteiger partial charge is 0.0984 e. The molecule has 0 atom stereocenters. The summed E-state index contributed by atoms with van der Waals surface area (Å²) in [7, 11) is 0. The van der Waals surface area contributed by atoms with E-state index in [1.54, 1.807) is 0 Å². The van der Waals surface area contributed by atoms with Crippen molar-refractivity contribution in [1.29, 1.82) is 0 Å². The fourth-order valence-corrected chi connectivity index (χ4v) is 1.31. The third kappa shape index (κ3) is 3.79. The number of amidine groups is 1. The van der Waals surface area contributed by atoms with Gasteiger partial charge in [-0.15, -0.1) is 0 Å². The molecule has 0 amide bonds. The van der Waals surface area contributed by atoms with Crippen molar-refractivity contribution in [2.75, 3.05) is 0 Å². The molecule has 3 heteroatoms. The van der Waals surface area contributed by atoms with Gasteiger partial charge in [-0.1, -0.05) is 23.7 Å². The van der Waals surface area contributed by atoms with E-state index in [-0.39, 0.29) is 6.04 Å². The van der Waals surface area contributed by atoms with Crippen LogP contribution in [0.3, 0.4) is 0 Å². The second-order valence-corrected chi connectivity index (χ2v) is 3.95. The van der Waals surface area contributed by atoms with E-state index in [0.29, 0.717) is 12.3 Å². The van der Waals surface area contributed by atoms with E-state index in [1.807, 2.05) is 38.1 Å². The number of benzene rings is 1. The van der Waals surface area contributed by atoms with E-state index >= 15 is 0 Å². The van der Waals surface area contributed by atoms with Crippen LogP contribution < -0.4 is 5.73 Å². The number of hydrogen-bond donors (Lipinski definition) is 1. The number of nitrogens with two attached hydrogens (primary N) is 1. The van der Waals surface area contributed by atoms with Crippen LogP contribution in [0.2, 0.25) is 5.02 Å². The highest BCUT2D eigenvalue weighted by atomic mass is 35.5. The molecule has 0 aliphatic heterocycles. The van der Waals surface area contributed by atoms with Gasteiger partial charge in [0.2, 0.25) is 0 Å². The van der Waals surface area contributed by atoms with Gasteiger partial charge in [-0.05, 0) is 31.5 Å². The topological polar surface area (TPSA) is 38.4 Å². The van der Waals surface area contributed by atoms with Crippen molar-refractivity contribution in [2.45, 2.75) is 26.3 Å². The van der Waals surface area contributed by atoms with Crippen LogP contribution in [0.15, 0.2) is 29.3 Å². The minimum Gasteiger partial charge on any atom is -0.387 e. The molecule has 2 nitrogen and oxygen atoms in total. The second-order valence-electron chi connectivity index (χ2n) is 3.52. The van der Waals surface area contributed by atoms with Gasteiger partial charge in [0.1, 0.15) is 0 Å². The van der Waals surface area contributed by atoms with Gasteiger partial charge in [0.15, 0.2) is 0 Å². The molecule has 0 saturated carbocycles. The van der Waals surface area contributed by atoms with Crippen LogP contribution in [-0.2, 0) is 6.42 Å². The van der Waals surface area contributed by atoms with Crippen LogP contribution >= 0.6 is 11.6 Å². The van der Waals surface area contributed by atoms with Crippen LogP contribution in [0, 0.1) is 0 Å². The van der Waals surface area contributed by atoms with Crippen molar-refractivity contribution in [2.24, 2.45) is 10.7 Å². The molecule has 0 bridgehead atoms. The van der Waals surface area contributed by atoms with Gasteiger partial charge in [0, 0.05) is 17.5 Å². The molecule has 1 aromatic rings. The highest BCUT2D eigenvalue weighted by Gasteiger charge is 1.97. The molecule has 0 aromatic heterocycles. The molecule has 2 N–H and O–H groups in total. The maximum atomic E-state index is 5.77. The molecule has 1 aromatic carbocycles. The maximum Gasteiger partial charge on any atom is 0.0984 e. The predicted molar refractivity (Wildman–Crippen MR) is 61.9 cm³/mol. The molecular weight excluding hydrogens is 196 g/mol. The van der Waals surface area contributed by atoms with Crippen LogP contribution in [0.5, 0.6) is 0 Å². The van der Waals surface area contributed by atoms with Crippen LogP contribution in [0.25, 0.3) is 0 Å². The lowest BCUT2D eigenvalue weighted by Crippen LogP contribution is -2.17. The normalized spacial score (nSPS) is 12.1. The molecule has 0 unspecified atom stereocenters. The monoisotopic (exact) mass is 210 g/mol. The van der Waals surface area contributed by atoms with Crippen molar-refractivity contribution in [3.63, 3.8) is 0 Å². The first kappa shape index (κ1) is 11.1. The Morgan fingerprint density at radius 1 is 1.36 bits per heavy atom. The molecule has 76 valence electrons. The Labute approximate surface area is 89.8 Å². The molecule has 1 rings (SSSR count). The fraction of sp³-hybridized carbons (Fsp3) is 0.364. The average molecular weight is 211 g/mol. The molecule has 14 heavy (non-hydrogen) atoms.